The number of halogens is 1. The van der Waals surface area contributed by atoms with Gasteiger partial charge >= 0.3 is 5.97 Å². The standard InChI is InChI=1S/C10H11ClN2O4/c1-17-10(16)7(14)5-13-9(15)6-3-2-4-12-8(6)11/h2-4,7,14H,5H2,1H3,(H,13,15). The van der Waals surface area contributed by atoms with Gasteiger partial charge in [-0.05, 0) is 12.1 Å². The Morgan fingerprint density at radius 1 is 1.65 bits per heavy atom. The maximum absolute atomic E-state index is 11.6. The van der Waals surface area contributed by atoms with Gasteiger partial charge in [-0.25, -0.2) is 9.78 Å². The van der Waals surface area contributed by atoms with E-state index in [1.165, 1.54) is 12.3 Å². The van der Waals surface area contributed by atoms with Gasteiger partial charge in [0.2, 0.25) is 0 Å². The van der Waals surface area contributed by atoms with Gasteiger partial charge in [-0.1, -0.05) is 11.6 Å². The molecule has 6 nitrogen and oxygen atoms in total. The van der Waals surface area contributed by atoms with Crippen LogP contribution in [0.15, 0.2) is 18.3 Å². The molecule has 2 N–H and O–H groups in total. The second-order valence-electron chi connectivity index (χ2n) is 3.09. The smallest absolute Gasteiger partial charge is 0.336 e. The predicted molar refractivity (Wildman–Crippen MR) is 59.6 cm³/mol. The minimum absolute atomic E-state index is 0.0533. The van der Waals surface area contributed by atoms with Crippen LogP contribution >= 0.6 is 11.6 Å². The largest absolute Gasteiger partial charge is 0.467 e. The second kappa shape index (κ2) is 6.17. The fourth-order valence-electron chi connectivity index (χ4n) is 1.06. The zero-order valence-electron chi connectivity index (χ0n) is 9.01. The van der Waals surface area contributed by atoms with E-state index in [0.29, 0.717) is 0 Å². The van der Waals surface area contributed by atoms with E-state index in [0.717, 1.165) is 7.11 Å². The van der Waals surface area contributed by atoms with Crippen molar-refractivity contribution in [1.82, 2.24) is 10.3 Å². The minimum atomic E-state index is -1.40. The highest BCUT2D eigenvalue weighted by atomic mass is 35.5. The van der Waals surface area contributed by atoms with Crippen LogP contribution in [0.1, 0.15) is 10.4 Å². The van der Waals surface area contributed by atoms with E-state index in [1.54, 1.807) is 6.07 Å². The first kappa shape index (κ1) is 13.4. The van der Waals surface area contributed by atoms with Crippen LogP contribution in [0.2, 0.25) is 5.15 Å². The summed E-state index contributed by atoms with van der Waals surface area (Å²) in [6.45, 7) is -0.253. The highest BCUT2D eigenvalue weighted by molar-refractivity contribution is 6.32. The molecule has 0 aliphatic carbocycles. The molecule has 0 spiro atoms. The van der Waals surface area contributed by atoms with Crippen LogP contribution in [0.5, 0.6) is 0 Å². The summed E-state index contributed by atoms with van der Waals surface area (Å²) in [6, 6.07) is 3.03. The Morgan fingerprint density at radius 2 is 2.35 bits per heavy atom. The van der Waals surface area contributed by atoms with Gasteiger partial charge in [-0.2, -0.15) is 0 Å². The molecule has 1 atom stereocenters. The summed E-state index contributed by atoms with van der Waals surface area (Å²) < 4.78 is 4.30. The minimum Gasteiger partial charge on any atom is -0.467 e. The summed E-state index contributed by atoms with van der Waals surface area (Å²) in [4.78, 5) is 26.2. The topological polar surface area (TPSA) is 88.5 Å². The third kappa shape index (κ3) is 3.69. The first-order valence-electron chi connectivity index (χ1n) is 4.71. The quantitative estimate of drug-likeness (QED) is 0.586. The highest BCUT2D eigenvalue weighted by Crippen LogP contribution is 2.10. The summed E-state index contributed by atoms with van der Waals surface area (Å²) in [5.41, 5.74) is 0.172. The summed E-state index contributed by atoms with van der Waals surface area (Å²) >= 11 is 5.70. The molecule has 0 radical (unpaired) electrons. The third-order valence-electron chi connectivity index (χ3n) is 1.93. The van der Waals surface area contributed by atoms with Crippen molar-refractivity contribution in [3.63, 3.8) is 0 Å². The number of esters is 1. The number of carbonyl (C=O) groups excluding carboxylic acids is 2. The molecule has 0 aromatic carbocycles. The summed E-state index contributed by atoms with van der Waals surface area (Å²) in [5.74, 6) is -1.34. The molecule has 0 fully saturated rings. The van der Waals surface area contributed by atoms with E-state index in [4.69, 9.17) is 11.6 Å². The number of aliphatic hydroxyl groups excluding tert-OH is 1. The number of methoxy groups -OCH3 is 1. The Kier molecular flexibility index (Phi) is 4.86. The maximum atomic E-state index is 11.6. The van der Waals surface area contributed by atoms with Crippen molar-refractivity contribution < 1.29 is 19.4 Å². The van der Waals surface area contributed by atoms with Gasteiger partial charge in [0.1, 0.15) is 5.15 Å². The lowest BCUT2D eigenvalue weighted by molar-refractivity contribution is -0.149. The number of nitrogens with one attached hydrogen (secondary N) is 1. The van der Waals surface area contributed by atoms with Crippen molar-refractivity contribution in [1.29, 1.82) is 0 Å². The van der Waals surface area contributed by atoms with Crippen LogP contribution in [0, 0.1) is 0 Å². The normalized spacial score (nSPS) is 11.7. The lowest BCUT2D eigenvalue weighted by atomic mass is 10.2. The van der Waals surface area contributed by atoms with Gasteiger partial charge in [-0.3, -0.25) is 4.79 Å². The molecule has 0 aliphatic rings. The number of ether oxygens (including phenoxy) is 1. The molecule has 1 amide bonds. The number of amides is 1. The fourth-order valence-corrected chi connectivity index (χ4v) is 1.26. The number of nitrogens with zero attached hydrogens (tertiary/aromatic N) is 1. The molecule has 1 heterocycles. The van der Waals surface area contributed by atoms with Crippen LogP contribution in [0.3, 0.4) is 0 Å². The lowest BCUT2D eigenvalue weighted by Crippen LogP contribution is -2.37. The molecule has 1 aromatic heterocycles. The molecule has 0 bridgehead atoms. The summed E-state index contributed by atoms with van der Waals surface area (Å²) in [6.07, 6.45) is 0.0435. The molecular formula is C10H11ClN2O4. The second-order valence-corrected chi connectivity index (χ2v) is 3.45. The van der Waals surface area contributed by atoms with Crippen molar-refractivity contribution in [3.05, 3.63) is 29.0 Å². The summed E-state index contributed by atoms with van der Waals surface area (Å²) in [5, 5.41) is 11.6. The molecule has 17 heavy (non-hydrogen) atoms. The Morgan fingerprint density at radius 3 is 2.94 bits per heavy atom. The van der Waals surface area contributed by atoms with Crippen LogP contribution in [0.25, 0.3) is 0 Å². The van der Waals surface area contributed by atoms with Crippen LogP contribution in [-0.2, 0) is 9.53 Å². The van der Waals surface area contributed by atoms with E-state index in [-0.39, 0.29) is 17.3 Å². The Bertz CT molecular complexity index is 425. The van der Waals surface area contributed by atoms with Crippen LogP contribution in [-0.4, -0.2) is 41.7 Å². The molecule has 92 valence electrons. The zero-order valence-corrected chi connectivity index (χ0v) is 9.77. The highest BCUT2D eigenvalue weighted by Gasteiger charge is 2.17. The first-order valence-corrected chi connectivity index (χ1v) is 5.08. The van der Waals surface area contributed by atoms with Gasteiger partial charge in [0.05, 0.1) is 19.2 Å². The number of rotatable bonds is 4. The predicted octanol–water partition coefficient (Wildman–Crippen LogP) is -0.00130. The Hall–Kier alpha value is -1.66. The molecule has 0 saturated carbocycles. The Balaban J connectivity index is 2.57. The van der Waals surface area contributed by atoms with Crippen molar-refractivity contribution in [3.8, 4) is 0 Å². The number of pyridine rings is 1. The molecule has 1 unspecified atom stereocenters. The Labute approximate surface area is 103 Å². The molecular weight excluding hydrogens is 248 g/mol. The summed E-state index contributed by atoms with van der Waals surface area (Å²) in [7, 11) is 1.14. The molecule has 1 aromatic rings. The van der Waals surface area contributed by atoms with Crippen molar-refractivity contribution in [2.75, 3.05) is 13.7 Å². The number of hydrogen-bond donors (Lipinski definition) is 2. The first-order chi connectivity index (χ1) is 8.06. The maximum Gasteiger partial charge on any atom is 0.336 e. The number of hydrogen-bond acceptors (Lipinski definition) is 5. The lowest BCUT2D eigenvalue weighted by Gasteiger charge is -2.09. The van der Waals surface area contributed by atoms with Crippen molar-refractivity contribution in [2.24, 2.45) is 0 Å². The van der Waals surface area contributed by atoms with Gasteiger partial charge < -0.3 is 15.2 Å². The van der Waals surface area contributed by atoms with E-state index in [2.05, 4.69) is 15.0 Å². The van der Waals surface area contributed by atoms with Gasteiger partial charge in [-0.15, -0.1) is 0 Å². The zero-order chi connectivity index (χ0) is 12.8. The van der Waals surface area contributed by atoms with Gasteiger partial charge in [0.25, 0.3) is 5.91 Å². The van der Waals surface area contributed by atoms with E-state index >= 15 is 0 Å². The monoisotopic (exact) mass is 258 g/mol. The van der Waals surface area contributed by atoms with Crippen LogP contribution < -0.4 is 5.32 Å². The molecule has 7 heteroatoms. The van der Waals surface area contributed by atoms with Gasteiger partial charge in [0, 0.05) is 6.20 Å². The van der Waals surface area contributed by atoms with Crippen molar-refractivity contribution >= 4 is 23.5 Å². The van der Waals surface area contributed by atoms with E-state index < -0.39 is 18.0 Å². The van der Waals surface area contributed by atoms with E-state index in [1.807, 2.05) is 0 Å². The average Bonchev–Trinajstić information content (AvgIpc) is 2.35. The number of carbonyl (C=O) groups is 2. The molecule has 0 aliphatic heterocycles. The third-order valence-corrected chi connectivity index (χ3v) is 2.23. The fraction of sp³-hybridized carbons (Fsp3) is 0.300. The molecule has 0 saturated heterocycles. The van der Waals surface area contributed by atoms with E-state index in [9.17, 15) is 14.7 Å². The average molecular weight is 259 g/mol. The van der Waals surface area contributed by atoms with Crippen LogP contribution in [0.4, 0.5) is 0 Å². The number of aromatic nitrogens is 1. The SMILES string of the molecule is COC(=O)C(O)CNC(=O)c1cccnc1Cl. The van der Waals surface area contributed by atoms with Crippen molar-refractivity contribution in [2.45, 2.75) is 6.10 Å². The number of aliphatic hydroxyl groups is 1. The van der Waals surface area contributed by atoms with Gasteiger partial charge in [0.15, 0.2) is 6.10 Å². The molecule has 1 rings (SSSR count).